The average molecular weight is 385 g/mol. The lowest BCUT2D eigenvalue weighted by molar-refractivity contribution is 0.286. The van der Waals surface area contributed by atoms with Crippen molar-refractivity contribution in [2.75, 3.05) is 31.8 Å². The standard InChI is InChI=1S/C13H19BrClNO3S/c1-11(9-15)10-20(17,18)16(2)7-8-19-13-5-3-12(14)4-6-13/h3-6,11H,7-10H2,1-2H3. The molecule has 0 aliphatic rings. The van der Waals surface area contributed by atoms with Gasteiger partial charge in [-0.3, -0.25) is 0 Å². The minimum Gasteiger partial charge on any atom is -0.492 e. The molecule has 0 radical (unpaired) electrons. The summed E-state index contributed by atoms with van der Waals surface area (Å²) in [7, 11) is -1.71. The van der Waals surface area contributed by atoms with Crippen LogP contribution >= 0.6 is 27.5 Å². The Labute approximate surface area is 134 Å². The van der Waals surface area contributed by atoms with Crippen molar-refractivity contribution < 1.29 is 13.2 Å². The van der Waals surface area contributed by atoms with Crippen molar-refractivity contribution in [3.05, 3.63) is 28.7 Å². The summed E-state index contributed by atoms with van der Waals surface area (Å²) in [6, 6.07) is 7.40. The maximum atomic E-state index is 12.0. The van der Waals surface area contributed by atoms with Crippen molar-refractivity contribution in [3.63, 3.8) is 0 Å². The number of alkyl halides is 1. The van der Waals surface area contributed by atoms with Crippen LogP contribution in [-0.2, 0) is 10.0 Å². The van der Waals surface area contributed by atoms with Crippen molar-refractivity contribution in [3.8, 4) is 5.75 Å². The first-order valence-electron chi connectivity index (χ1n) is 6.23. The molecular weight excluding hydrogens is 366 g/mol. The molecule has 0 fully saturated rings. The highest BCUT2D eigenvalue weighted by Crippen LogP contribution is 2.16. The average Bonchev–Trinajstić information content (AvgIpc) is 2.40. The van der Waals surface area contributed by atoms with E-state index in [4.69, 9.17) is 16.3 Å². The van der Waals surface area contributed by atoms with Crippen LogP contribution in [0.4, 0.5) is 0 Å². The predicted molar refractivity (Wildman–Crippen MR) is 85.9 cm³/mol. The van der Waals surface area contributed by atoms with E-state index in [0.29, 0.717) is 24.8 Å². The van der Waals surface area contributed by atoms with Crippen LogP contribution in [0.5, 0.6) is 5.75 Å². The van der Waals surface area contributed by atoms with Crippen LogP contribution in [0.1, 0.15) is 6.92 Å². The van der Waals surface area contributed by atoms with Gasteiger partial charge in [0, 0.05) is 23.9 Å². The van der Waals surface area contributed by atoms with Crippen molar-refractivity contribution in [1.82, 2.24) is 4.31 Å². The number of sulfonamides is 1. The third-order valence-electron chi connectivity index (χ3n) is 2.72. The Balaban J connectivity index is 2.42. The number of ether oxygens (including phenoxy) is 1. The maximum Gasteiger partial charge on any atom is 0.214 e. The van der Waals surface area contributed by atoms with Crippen LogP contribution in [0, 0.1) is 5.92 Å². The summed E-state index contributed by atoms with van der Waals surface area (Å²) >= 11 is 8.99. The molecule has 0 spiro atoms. The highest BCUT2D eigenvalue weighted by Gasteiger charge is 2.20. The molecule has 1 aromatic rings. The van der Waals surface area contributed by atoms with Crippen LogP contribution in [0.25, 0.3) is 0 Å². The molecule has 0 N–H and O–H groups in total. The van der Waals surface area contributed by atoms with Crippen LogP contribution in [0.3, 0.4) is 0 Å². The van der Waals surface area contributed by atoms with Crippen LogP contribution in [0.15, 0.2) is 28.7 Å². The first kappa shape index (κ1) is 17.8. The minimum absolute atomic E-state index is 0.0588. The van der Waals surface area contributed by atoms with Gasteiger partial charge in [-0.2, -0.15) is 0 Å². The fourth-order valence-corrected chi connectivity index (χ4v) is 3.44. The van der Waals surface area contributed by atoms with Crippen molar-refractivity contribution in [2.45, 2.75) is 6.92 Å². The van der Waals surface area contributed by atoms with Gasteiger partial charge in [0.05, 0.1) is 5.75 Å². The number of rotatable bonds is 8. The monoisotopic (exact) mass is 383 g/mol. The first-order chi connectivity index (χ1) is 9.35. The fourth-order valence-electron chi connectivity index (χ4n) is 1.49. The molecule has 4 nitrogen and oxygen atoms in total. The van der Waals surface area contributed by atoms with E-state index in [0.717, 1.165) is 4.47 Å². The highest BCUT2D eigenvalue weighted by molar-refractivity contribution is 9.10. The quantitative estimate of drug-likeness (QED) is 0.647. The molecule has 114 valence electrons. The number of likely N-dealkylation sites (N-methyl/N-ethyl adjacent to an activating group) is 1. The highest BCUT2D eigenvalue weighted by atomic mass is 79.9. The molecule has 1 rings (SSSR count). The van der Waals surface area contributed by atoms with E-state index in [1.165, 1.54) is 4.31 Å². The van der Waals surface area contributed by atoms with E-state index >= 15 is 0 Å². The summed E-state index contributed by atoms with van der Waals surface area (Å²) in [6.07, 6.45) is 0. The smallest absolute Gasteiger partial charge is 0.214 e. The molecule has 1 aromatic carbocycles. The maximum absolute atomic E-state index is 12.0. The number of benzene rings is 1. The number of hydrogen-bond acceptors (Lipinski definition) is 3. The summed E-state index contributed by atoms with van der Waals surface area (Å²) < 4.78 is 31.8. The van der Waals surface area contributed by atoms with E-state index in [2.05, 4.69) is 15.9 Å². The van der Waals surface area contributed by atoms with Gasteiger partial charge in [-0.15, -0.1) is 11.6 Å². The van der Waals surface area contributed by atoms with Crippen LogP contribution in [0.2, 0.25) is 0 Å². The normalized spacial score (nSPS) is 13.4. The Bertz CT molecular complexity index is 507. The second-order valence-corrected chi connectivity index (χ2v) is 8.01. The molecule has 20 heavy (non-hydrogen) atoms. The zero-order valence-electron chi connectivity index (χ0n) is 11.6. The third kappa shape index (κ3) is 5.99. The zero-order valence-corrected chi connectivity index (χ0v) is 14.7. The molecule has 0 aromatic heterocycles. The summed E-state index contributed by atoms with van der Waals surface area (Å²) in [6.45, 7) is 2.44. The molecule has 0 bridgehead atoms. The molecule has 0 saturated heterocycles. The molecule has 0 saturated carbocycles. The van der Waals surface area contributed by atoms with Gasteiger partial charge in [-0.05, 0) is 30.2 Å². The van der Waals surface area contributed by atoms with Gasteiger partial charge >= 0.3 is 0 Å². The van der Waals surface area contributed by atoms with Gasteiger partial charge in [-0.25, -0.2) is 12.7 Å². The molecule has 0 aliphatic carbocycles. The molecule has 0 aliphatic heterocycles. The van der Waals surface area contributed by atoms with E-state index in [1.807, 2.05) is 31.2 Å². The minimum atomic E-state index is -3.27. The predicted octanol–water partition coefficient (Wildman–Crippen LogP) is 2.96. The number of nitrogens with zero attached hydrogens (tertiary/aromatic N) is 1. The Morgan fingerprint density at radius 2 is 1.95 bits per heavy atom. The Morgan fingerprint density at radius 1 is 1.35 bits per heavy atom. The molecule has 1 atom stereocenters. The zero-order chi connectivity index (χ0) is 15.2. The van der Waals surface area contributed by atoms with Crippen LogP contribution < -0.4 is 4.74 Å². The fraction of sp³-hybridized carbons (Fsp3) is 0.538. The van der Waals surface area contributed by atoms with Gasteiger partial charge in [0.2, 0.25) is 10.0 Å². The van der Waals surface area contributed by atoms with Crippen LogP contribution in [-0.4, -0.2) is 44.6 Å². The van der Waals surface area contributed by atoms with E-state index in [-0.39, 0.29) is 11.7 Å². The summed E-state index contributed by atoms with van der Waals surface area (Å²) in [5.41, 5.74) is 0. The summed E-state index contributed by atoms with van der Waals surface area (Å²) in [5.74, 6) is 1.05. The molecule has 0 amide bonds. The summed E-state index contributed by atoms with van der Waals surface area (Å²) in [4.78, 5) is 0. The first-order valence-corrected chi connectivity index (χ1v) is 9.17. The number of hydrogen-bond donors (Lipinski definition) is 0. The van der Waals surface area contributed by atoms with Gasteiger partial charge < -0.3 is 4.74 Å². The Hall–Kier alpha value is -0.300. The number of halogens is 2. The van der Waals surface area contributed by atoms with Gasteiger partial charge in [0.15, 0.2) is 0 Å². The van der Waals surface area contributed by atoms with E-state index in [9.17, 15) is 8.42 Å². The van der Waals surface area contributed by atoms with Crippen molar-refractivity contribution in [1.29, 1.82) is 0 Å². The summed E-state index contributed by atoms with van der Waals surface area (Å²) in [5, 5.41) is 0. The topological polar surface area (TPSA) is 46.6 Å². The lowest BCUT2D eigenvalue weighted by Crippen LogP contribution is -2.34. The third-order valence-corrected chi connectivity index (χ3v) is 5.90. The van der Waals surface area contributed by atoms with E-state index in [1.54, 1.807) is 7.05 Å². The Morgan fingerprint density at radius 3 is 2.50 bits per heavy atom. The lowest BCUT2D eigenvalue weighted by atomic mass is 10.3. The molecular formula is C13H19BrClNO3S. The molecule has 0 heterocycles. The second-order valence-electron chi connectivity index (χ2n) is 4.66. The van der Waals surface area contributed by atoms with Gasteiger partial charge in [0.1, 0.15) is 12.4 Å². The van der Waals surface area contributed by atoms with Crippen molar-refractivity contribution >= 4 is 37.6 Å². The van der Waals surface area contributed by atoms with E-state index < -0.39 is 10.0 Å². The SMILES string of the molecule is CC(CCl)CS(=O)(=O)N(C)CCOc1ccc(Br)cc1. The molecule has 7 heteroatoms. The largest absolute Gasteiger partial charge is 0.492 e. The Kier molecular flexibility index (Phi) is 7.29. The lowest BCUT2D eigenvalue weighted by Gasteiger charge is -2.19. The van der Waals surface area contributed by atoms with Crippen molar-refractivity contribution in [2.24, 2.45) is 5.92 Å². The van der Waals surface area contributed by atoms with Gasteiger partial charge in [0.25, 0.3) is 0 Å². The second kappa shape index (κ2) is 8.22. The molecule has 1 unspecified atom stereocenters. The van der Waals surface area contributed by atoms with Gasteiger partial charge in [-0.1, -0.05) is 22.9 Å².